The van der Waals surface area contributed by atoms with Crippen molar-refractivity contribution in [1.29, 1.82) is 0 Å². The molecule has 282 valence electrons. The van der Waals surface area contributed by atoms with E-state index in [9.17, 15) is 0 Å². The Morgan fingerprint density at radius 1 is 0.383 bits per heavy atom. The lowest BCUT2D eigenvalue weighted by atomic mass is 9.97. The first-order valence-corrected chi connectivity index (χ1v) is 20.1. The fraction of sp³-hybridized carbons (Fsp3) is 0.0370. The average molecular weight is 769 g/mol. The minimum atomic E-state index is 0.565. The fourth-order valence-corrected chi connectivity index (χ4v) is 8.72. The normalized spacial score (nSPS) is 11.5. The predicted molar refractivity (Wildman–Crippen MR) is 246 cm³/mol. The zero-order valence-electron chi connectivity index (χ0n) is 33.0. The zero-order valence-corrected chi connectivity index (χ0v) is 33.0. The van der Waals surface area contributed by atoms with Gasteiger partial charge >= 0.3 is 0 Å². The van der Waals surface area contributed by atoms with Gasteiger partial charge in [-0.2, -0.15) is 0 Å². The Morgan fingerprint density at radius 3 is 1.42 bits per heavy atom. The van der Waals surface area contributed by atoms with Crippen molar-refractivity contribution in [1.82, 2.24) is 24.1 Å². The highest BCUT2D eigenvalue weighted by Gasteiger charge is 2.23. The second kappa shape index (κ2) is 14.1. The first-order valence-electron chi connectivity index (χ1n) is 20.1. The molecular weight excluding hydrogens is 733 g/mol. The maximum Gasteiger partial charge on any atom is 0.188 e. The molecule has 6 heteroatoms. The van der Waals surface area contributed by atoms with Crippen LogP contribution in [-0.2, 0) is 0 Å². The van der Waals surface area contributed by atoms with Crippen LogP contribution in [0.5, 0.6) is 0 Å². The Labute approximate surface area is 347 Å². The van der Waals surface area contributed by atoms with E-state index in [0.717, 1.165) is 61.3 Å². The van der Waals surface area contributed by atoms with Crippen molar-refractivity contribution in [3.8, 4) is 56.7 Å². The van der Waals surface area contributed by atoms with E-state index in [0.29, 0.717) is 23.2 Å². The van der Waals surface area contributed by atoms with Crippen molar-refractivity contribution in [2.75, 3.05) is 0 Å². The zero-order chi connectivity index (χ0) is 40.3. The number of hydrogen-bond acceptors (Lipinski definition) is 3. The Morgan fingerprint density at radius 2 is 0.867 bits per heavy atom. The summed E-state index contributed by atoms with van der Waals surface area (Å²) in [5, 5.41) is 4.71. The van der Waals surface area contributed by atoms with Gasteiger partial charge in [0.2, 0.25) is 0 Å². The van der Waals surface area contributed by atoms with Crippen LogP contribution in [0.25, 0.3) is 105 Å². The summed E-state index contributed by atoms with van der Waals surface area (Å²) in [5.74, 6) is 1.78. The third-order valence-electron chi connectivity index (χ3n) is 11.5. The number of benzene rings is 8. The molecule has 0 aliphatic heterocycles. The monoisotopic (exact) mass is 768 g/mol. The summed E-state index contributed by atoms with van der Waals surface area (Å²) in [6, 6.07) is 63.2. The molecular formula is C54H36N6. The SMILES string of the molecule is [C-]#[N+]c1ccc(-n2c3ccccc3c3cc(C)ccc32)c(-c2ccc(-c3nc(-c4ccccc4)nc(-c4ccccc4)n3)cc2-n2c3ccccc3c3cc(C)ccc32)c1. The van der Waals surface area contributed by atoms with Gasteiger partial charge in [-0.15, -0.1) is 0 Å². The first kappa shape index (κ1) is 35.1. The van der Waals surface area contributed by atoms with Crippen molar-refractivity contribution >= 4 is 49.3 Å². The molecule has 0 spiro atoms. The molecule has 0 bridgehead atoms. The highest BCUT2D eigenvalue weighted by molar-refractivity contribution is 6.12. The van der Waals surface area contributed by atoms with Gasteiger partial charge in [-0.1, -0.05) is 139 Å². The highest BCUT2D eigenvalue weighted by Crippen LogP contribution is 2.43. The lowest BCUT2D eigenvalue weighted by molar-refractivity contribution is 1.07. The third kappa shape index (κ3) is 5.75. The molecule has 11 rings (SSSR count). The van der Waals surface area contributed by atoms with Gasteiger partial charge in [0.25, 0.3) is 0 Å². The first-order chi connectivity index (χ1) is 29.5. The molecule has 11 aromatic rings. The largest absolute Gasteiger partial charge is 0.309 e. The molecule has 0 unspecified atom stereocenters. The maximum absolute atomic E-state index is 8.18. The molecule has 0 amide bonds. The van der Waals surface area contributed by atoms with E-state index in [1.807, 2.05) is 72.8 Å². The summed E-state index contributed by atoms with van der Waals surface area (Å²) in [6.07, 6.45) is 0. The molecule has 0 aliphatic rings. The van der Waals surface area contributed by atoms with E-state index >= 15 is 0 Å². The van der Waals surface area contributed by atoms with Crippen LogP contribution in [0.2, 0.25) is 0 Å². The van der Waals surface area contributed by atoms with Crippen molar-refractivity contribution in [2.45, 2.75) is 13.8 Å². The highest BCUT2D eigenvalue weighted by atomic mass is 15.0. The number of aromatic nitrogens is 5. The van der Waals surface area contributed by atoms with E-state index in [1.54, 1.807) is 0 Å². The Hall–Kier alpha value is -8.14. The lowest BCUT2D eigenvalue weighted by Crippen LogP contribution is -2.04. The Bertz CT molecular complexity index is 3460. The number of aryl methyl sites for hydroxylation is 2. The molecule has 0 N–H and O–H groups in total. The van der Waals surface area contributed by atoms with Crippen LogP contribution < -0.4 is 0 Å². The molecule has 8 aromatic carbocycles. The number of fused-ring (bicyclic) bond motifs is 6. The standard InChI is InChI=1S/C54H36N6/c1-34-22-27-48-43(30-34)40-18-10-12-20-46(40)59(48)50-29-25-39(55-3)33-45(50)42-26-24-38(32-51(42)60-47-21-13-11-19-41(47)44-31-35(2)23-28-49(44)60)54-57-52(36-14-6-4-7-15-36)56-53(58-54)37-16-8-5-9-17-37/h4-33H,1-2H3. The van der Waals surface area contributed by atoms with E-state index < -0.39 is 0 Å². The van der Waals surface area contributed by atoms with Crippen molar-refractivity contribution in [2.24, 2.45) is 0 Å². The van der Waals surface area contributed by atoms with Crippen molar-refractivity contribution < 1.29 is 0 Å². The van der Waals surface area contributed by atoms with E-state index in [-0.39, 0.29) is 0 Å². The molecule has 6 nitrogen and oxygen atoms in total. The average Bonchev–Trinajstić information content (AvgIpc) is 3.81. The number of rotatable bonds is 6. The van der Waals surface area contributed by atoms with E-state index in [2.05, 4.69) is 137 Å². The van der Waals surface area contributed by atoms with Crippen molar-refractivity contribution in [3.05, 3.63) is 205 Å². The van der Waals surface area contributed by atoms with E-state index in [4.69, 9.17) is 21.5 Å². The van der Waals surface area contributed by atoms with Crippen LogP contribution in [0.15, 0.2) is 182 Å². The summed E-state index contributed by atoms with van der Waals surface area (Å²) in [4.78, 5) is 19.2. The number of para-hydroxylation sites is 2. The molecule has 0 saturated heterocycles. The van der Waals surface area contributed by atoms with Gasteiger partial charge in [-0.25, -0.2) is 19.8 Å². The van der Waals surface area contributed by atoms with Gasteiger partial charge < -0.3 is 9.13 Å². The van der Waals surface area contributed by atoms with Gasteiger partial charge in [0, 0.05) is 43.8 Å². The summed E-state index contributed by atoms with van der Waals surface area (Å²) in [7, 11) is 0. The van der Waals surface area contributed by atoms with Crippen LogP contribution in [0, 0.1) is 20.4 Å². The van der Waals surface area contributed by atoms with Crippen LogP contribution in [0.3, 0.4) is 0 Å². The molecule has 0 aliphatic carbocycles. The van der Waals surface area contributed by atoms with Crippen LogP contribution in [0.4, 0.5) is 5.69 Å². The van der Waals surface area contributed by atoms with E-state index in [1.165, 1.54) is 32.7 Å². The number of hydrogen-bond donors (Lipinski definition) is 0. The van der Waals surface area contributed by atoms with Gasteiger partial charge in [0.1, 0.15) is 0 Å². The minimum absolute atomic E-state index is 0.565. The molecule has 0 atom stereocenters. The predicted octanol–water partition coefficient (Wildman–Crippen LogP) is 13.9. The summed E-state index contributed by atoms with van der Waals surface area (Å²) < 4.78 is 4.72. The summed E-state index contributed by atoms with van der Waals surface area (Å²) in [5.41, 5.74) is 13.9. The smallest absolute Gasteiger partial charge is 0.188 e. The summed E-state index contributed by atoms with van der Waals surface area (Å²) in [6.45, 7) is 12.5. The third-order valence-corrected chi connectivity index (χ3v) is 11.5. The molecule has 3 heterocycles. The van der Waals surface area contributed by atoms with Gasteiger partial charge in [0.05, 0.1) is 40.0 Å². The van der Waals surface area contributed by atoms with Crippen LogP contribution in [-0.4, -0.2) is 24.1 Å². The van der Waals surface area contributed by atoms with Crippen molar-refractivity contribution in [3.63, 3.8) is 0 Å². The Balaban J connectivity index is 1.24. The number of nitrogens with zero attached hydrogens (tertiary/aromatic N) is 6. The lowest BCUT2D eigenvalue weighted by Gasteiger charge is -2.20. The molecule has 3 aromatic heterocycles. The second-order valence-corrected chi connectivity index (χ2v) is 15.3. The molecule has 0 saturated carbocycles. The van der Waals surface area contributed by atoms with Crippen LogP contribution >= 0.6 is 0 Å². The fourth-order valence-electron chi connectivity index (χ4n) is 8.72. The molecule has 0 fully saturated rings. The topological polar surface area (TPSA) is 52.9 Å². The van der Waals surface area contributed by atoms with Gasteiger partial charge in [0.15, 0.2) is 23.2 Å². The van der Waals surface area contributed by atoms with Crippen LogP contribution in [0.1, 0.15) is 11.1 Å². The second-order valence-electron chi connectivity index (χ2n) is 15.3. The quantitative estimate of drug-likeness (QED) is 0.158. The minimum Gasteiger partial charge on any atom is -0.309 e. The Kier molecular flexibility index (Phi) is 8.21. The van der Waals surface area contributed by atoms with Gasteiger partial charge in [-0.3, -0.25) is 0 Å². The van der Waals surface area contributed by atoms with Gasteiger partial charge in [-0.05, 0) is 74.0 Å². The molecule has 0 radical (unpaired) electrons. The molecule has 60 heavy (non-hydrogen) atoms. The summed E-state index contributed by atoms with van der Waals surface area (Å²) >= 11 is 0. The maximum atomic E-state index is 8.18.